The predicted octanol–water partition coefficient (Wildman–Crippen LogP) is 9.63. The number of hydrogen-bond acceptors (Lipinski definition) is 2. The van der Waals surface area contributed by atoms with Crippen LogP contribution in [0, 0.1) is 41.5 Å². The fourth-order valence-electron chi connectivity index (χ4n) is 4.04. The summed E-state index contributed by atoms with van der Waals surface area (Å²) in [6.07, 6.45) is 23.0. The SMILES string of the molecule is CC(/C=C/C=C(C)/C=C/c1c(C)cc(O)c(C)c1C)=C\C=C\C=C(C)\C=C\c1c(C)cc(O)c(C)c1C. The molecule has 0 atom stereocenters. The van der Waals surface area contributed by atoms with Crippen LogP contribution in [-0.2, 0) is 0 Å². The Labute approximate surface area is 224 Å². The third kappa shape index (κ3) is 8.39. The zero-order chi connectivity index (χ0) is 27.7. The molecule has 2 aromatic carbocycles. The molecule has 0 bridgehead atoms. The van der Waals surface area contributed by atoms with Gasteiger partial charge in [-0.05, 0) is 119 Å². The standard InChI is InChI=1S/C35H42O2/c1-23(15-12-16-25(3)18-20-33-27(5)22-35(37)31(9)29(33)7)13-10-11-14-24(2)17-19-32-26(4)21-34(36)30(8)28(32)6/h10-22,36-37H,1-9H3/b11-10+,15-12+,19-17+,20-18+,23-13+,24-14+,25-16+. The van der Waals surface area contributed by atoms with E-state index in [1.54, 1.807) is 0 Å². The number of benzene rings is 2. The van der Waals surface area contributed by atoms with E-state index in [4.69, 9.17) is 0 Å². The molecule has 0 aromatic heterocycles. The van der Waals surface area contributed by atoms with E-state index in [0.717, 1.165) is 61.2 Å². The molecule has 2 heteroatoms. The molecular weight excluding hydrogens is 452 g/mol. The molecule has 194 valence electrons. The first-order valence-corrected chi connectivity index (χ1v) is 12.7. The van der Waals surface area contributed by atoms with E-state index < -0.39 is 0 Å². The third-order valence-electron chi connectivity index (χ3n) is 6.83. The van der Waals surface area contributed by atoms with Crippen LogP contribution in [0.25, 0.3) is 12.2 Å². The summed E-state index contributed by atoms with van der Waals surface area (Å²) < 4.78 is 0. The van der Waals surface area contributed by atoms with Crippen LogP contribution in [0.4, 0.5) is 0 Å². The second-order valence-corrected chi connectivity index (χ2v) is 9.90. The highest BCUT2D eigenvalue weighted by Gasteiger charge is 2.08. The number of rotatable bonds is 8. The highest BCUT2D eigenvalue weighted by atomic mass is 16.3. The Balaban J connectivity index is 2.00. The Morgan fingerprint density at radius 2 is 0.865 bits per heavy atom. The summed E-state index contributed by atoms with van der Waals surface area (Å²) in [5.41, 5.74) is 12.0. The van der Waals surface area contributed by atoms with Gasteiger partial charge in [-0.25, -0.2) is 0 Å². The average Bonchev–Trinajstić information content (AvgIpc) is 2.83. The van der Waals surface area contributed by atoms with Gasteiger partial charge in [-0.2, -0.15) is 0 Å². The topological polar surface area (TPSA) is 40.5 Å². The van der Waals surface area contributed by atoms with Crippen molar-refractivity contribution in [3.63, 3.8) is 0 Å². The first-order valence-electron chi connectivity index (χ1n) is 12.7. The fourth-order valence-corrected chi connectivity index (χ4v) is 4.04. The quantitative estimate of drug-likeness (QED) is 0.359. The molecule has 2 rings (SSSR count). The Hall–Kier alpha value is -3.78. The predicted molar refractivity (Wildman–Crippen MR) is 162 cm³/mol. The van der Waals surface area contributed by atoms with E-state index in [0.29, 0.717) is 11.5 Å². The number of phenolic OH excluding ortho intramolecular Hbond substituents is 2. The summed E-state index contributed by atoms with van der Waals surface area (Å²) in [7, 11) is 0. The molecule has 0 spiro atoms. The molecule has 0 aliphatic rings. The van der Waals surface area contributed by atoms with Crippen LogP contribution < -0.4 is 0 Å². The second-order valence-electron chi connectivity index (χ2n) is 9.90. The molecule has 0 aliphatic carbocycles. The minimum absolute atomic E-state index is 0.356. The van der Waals surface area contributed by atoms with Gasteiger partial charge in [-0.15, -0.1) is 0 Å². The lowest BCUT2D eigenvalue weighted by Crippen LogP contribution is -1.91. The van der Waals surface area contributed by atoms with Gasteiger partial charge in [-0.1, -0.05) is 83.6 Å². The van der Waals surface area contributed by atoms with E-state index in [2.05, 4.69) is 75.5 Å². The van der Waals surface area contributed by atoms with Crippen molar-refractivity contribution in [2.24, 2.45) is 0 Å². The molecule has 2 N–H and O–H groups in total. The minimum Gasteiger partial charge on any atom is -0.508 e. The Morgan fingerprint density at radius 3 is 1.27 bits per heavy atom. The van der Waals surface area contributed by atoms with Crippen LogP contribution in [0.2, 0.25) is 0 Å². The van der Waals surface area contributed by atoms with Crippen LogP contribution in [0.1, 0.15) is 65.3 Å². The summed E-state index contributed by atoms with van der Waals surface area (Å²) in [5.74, 6) is 0.713. The third-order valence-corrected chi connectivity index (χ3v) is 6.83. The minimum atomic E-state index is 0.356. The van der Waals surface area contributed by atoms with Crippen LogP contribution in [-0.4, -0.2) is 10.2 Å². The van der Waals surface area contributed by atoms with Gasteiger partial charge in [-0.3, -0.25) is 0 Å². The van der Waals surface area contributed by atoms with Crippen LogP contribution in [0.15, 0.2) is 83.5 Å². The summed E-state index contributed by atoms with van der Waals surface area (Å²) in [5, 5.41) is 20.0. The van der Waals surface area contributed by atoms with Crippen LogP contribution >= 0.6 is 0 Å². The molecule has 0 aliphatic heterocycles. The van der Waals surface area contributed by atoms with Gasteiger partial charge in [0.15, 0.2) is 0 Å². The lowest BCUT2D eigenvalue weighted by atomic mass is 9.96. The molecule has 0 saturated heterocycles. The summed E-state index contributed by atoms with van der Waals surface area (Å²) in [6, 6.07) is 3.65. The summed E-state index contributed by atoms with van der Waals surface area (Å²) in [4.78, 5) is 0. The zero-order valence-electron chi connectivity index (χ0n) is 23.9. The van der Waals surface area contributed by atoms with Crippen molar-refractivity contribution in [2.45, 2.75) is 62.3 Å². The van der Waals surface area contributed by atoms with Gasteiger partial charge >= 0.3 is 0 Å². The molecule has 37 heavy (non-hydrogen) atoms. The van der Waals surface area contributed by atoms with E-state index in [9.17, 15) is 10.2 Å². The lowest BCUT2D eigenvalue weighted by molar-refractivity contribution is 0.469. The van der Waals surface area contributed by atoms with Crippen LogP contribution in [0.5, 0.6) is 11.5 Å². The number of aromatic hydroxyl groups is 2. The van der Waals surface area contributed by atoms with E-state index >= 15 is 0 Å². The van der Waals surface area contributed by atoms with Crippen molar-refractivity contribution in [3.8, 4) is 11.5 Å². The fraction of sp³-hybridized carbons (Fsp3) is 0.257. The molecular formula is C35H42O2. The average molecular weight is 495 g/mol. The van der Waals surface area contributed by atoms with E-state index in [1.165, 1.54) is 0 Å². The van der Waals surface area contributed by atoms with Gasteiger partial charge in [0, 0.05) is 0 Å². The van der Waals surface area contributed by atoms with Crippen molar-refractivity contribution in [3.05, 3.63) is 128 Å². The first-order chi connectivity index (χ1) is 17.4. The van der Waals surface area contributed by atoms with Crippen molar-refractivity contribution in [1.29, 1.82) is 0 Å². The van der Waals surface area contributed by atoms with Crippen molar-refractivity contribution >= 4 is 12.2 Å². The van der Waals surface area contributed by atoms with Crippen molar-refractivity contribution in [1.82, 2.24) is 0 Å². The smallest absolute Gasteiger partial charge is 0.119 e. The maximum Gasteiger partial charge on any atom is 0.119 e. The second kappa shape index (κ2) is 13.5. The maximum atomic E-state index is 9.99. The molecule has 0 heterocycles. The number of phenols is 2. The largest absolute Gasteiger partial charge is 0.508 e. The Kier molecular flexibility index (Phi) is 10.8. The zero-order valence-corrected chi connectivity index (χ0v) is 23.9. The Bertz CT molecular complexity index is 1350. The lowest BCUT2D eigenvalue weighted by Gasteiger charge is -2.10. The van der Waals surface area contributed by atoms with Crippen molar-refractivity contribution < 1.29 is 10.2 Å². The summed E-state index contributed by atoms with van der Waals surface area (Å²) >= 11 is 0. The van der Waals surface area contributed by atoms with Gasteiger partial charge in [0.1, 0.15) is 11.5 Å². The number of allylic oxidation sites excluding steroid dienone is 12. The molecule has 0 amide bonds. The monoisotopic (exact) mass is 494 g/mol. The van der Waals surface area contributed by atoms with Gasteiger partial charge < -0.3 is 10.2 Å². The first kappa shape index (κ1) is 29.5. The maximum absolute atomic E-state index is 9.99. The molecule has 2 aromatic rings. The van der Waals surface area contributed by atoms with Crippen LogP contribution in [0.3, 0.4) is 0 Å². The van der Waals surface area contributed by atoms with Gasteiger partial charge in [0.2, 0.25) is 0 Å². The number of hydrogen-bond donors (Lipinski definition) is 2. The van der Waals surface area contributed by atoms with E-state index in [1.807, 2.05) is 65.8 Å². The van der Waals surface area contributed by atoms with E-state index in [-0.39, 0.29) is 0 Å². The normalized spacial score (nSPS) is 13.8. The molecule has 2 nitrogen and oxygen atoms in total. The van der Waals surface area contributed by atoms with Crippen molar-refractivity contribution in [2.75, 3.05) is 0 Å². The molecule has 0 fully saturated rings. The molecule has 0 unspecified atom stereocenters. The highest BCUT2D eigenvalue weighted by Crippen LogP contribution is 2.28. The molecule has 0 saturated carbocycles. The molecule has 0 radical (unpaired) electrons. The Morgan fingerprint density at radius 1 is 0.514 bits per heavy atom. The summed E-state index contributed by atoms with van der Waals surface area (Å²) in [6.45, 7) is 18.3. The highest BCUT2D eigenvalue weighted by molar-refractivity contribution is 5.65. The van der Waals surface area contributed by atoms with Gasteiger partial charge in [0.05, 0.1) is 0 Å². The van der Waals surface area contributed by atoms with Gasteiger partial charge in [0.25, 0.3) is 0 Å². The number of aryl methyl sites for hydroxylation is 2.